The Bertz CT molecular complexity index is 1190. The van der Waals surface area contributed by atoms with Crippen LogP contribution in [-0.2, 0) is 10.3 Å². The number of hydrogen-bond donors (Lipinski definition) is 1. The van der Waals surface area contributed by atoms with E-state index in [1.165, 1.54) is 25.9 Å². The lowest BCUT2D eigenvalue weighted by Crippen LogP contribution is -2.77. The summed E-state index contributed by atoms with van der Waals surface area (Å²) in [5, 5.41) is 12.7. The van der Waals surface area contributed by atoms with Crippen LogP contribution in [-0.4, -0.2) is 84.6 Å². The van der Waals surface area contributed by atoms with Crippen LogP contribution in [0, 0.1) is 16.7 Å². The third-order valence-corrected chi connectivity index (χ3v) is 8.37. The molecule has 0 aliphatic carbocycles. The number of fused-ring (bicyclic) bond motifs is 1. The maximum Gasteiger partial charge on any atom is 0.254 e. The summed E-state index contributed by atoms with van der Waals surface area (Å²) in [6, 6.07) is 12.2. The van der Waals surface area contributed by atoms with Gasteiger partial charge in [-0.3, -0.25) is 14.6 Å². The van der Waals surface area contributed by atoms with Crippen LogP contribution in [0.2, 0.25) is 0 Å². The summed E-state index contributed by atoms with van der Waals surface area (Å²) < 4.78 is 5.92. The molecule has 0 saturated carbocycles. The Balaban J connectivity index is 1.33. The van der Waals surface area contributed by atoms with E-state index in [0.717, 1.165) is 43.0 Å². The number of likely N-dealkylation sites (tertiary alicyclic amines) is 3. The maximum absolute atomic E-state index is 13.9. The first kappa shape index (κ1) is 22.5. The highest BCUT2D eigenvalue weighted by molar-refractivity contribution is 6.09. The van der Waals surface area contributed by atoms with Gasteiger partial charge in [-0.1, -0.05) is 0 Å². The minimum absolute atomic E-state index is 0.0992. The van der Waals surface area contributed by atoms with E-state index >= 15 is 0 Å². The van der Waals surface area contributed by atoms with Gasteiger partial charge >= 0.3 is 0 Å². The molecule has 1 spiro atoms. The molecule has 3 saturated heterocycles. The second kappa shape index (κ2) is 8.30. The van der Waals surface area contributed by atoms with Crippen molar-refractivity contribution in [3.63, 3.8) is 0 Å². The van der Waals surface area contributed by atoms with Crippen LogP contribution in [0.3, 0.4) is 0 Å². The van der Waals surface area contributed by atoms with Gasteiger partial charge < -0.3 is 15.0 Å². The van der Waals surface area contributed by atoms with Crippen molar-refractivity contribution in [1.82, 2.24) is 19.7 Å². The van der Waals surface area contributed by atoms with Crippen molar-refractivity contribution in [3.05, 3.63) is 53.2 Å². The van der Waals surface area contributed by atoms with E-state index in [4.69, 9.17) is 4.74 Å². The first-order valence-electron chi connectivity index (χ1n) is 12.6. The predicted octanol–water partition coefficient (Wildman–Crippen LogP) is 2.26. The Morgan fingerprint density at radius 2 is 1.94 bits per heavy atom. The molecule has 182 valence electrons. The van der Waals surface area contributed by atoms with Gasteiger partial charge in [0.15, 0.2) is 5.54 Å². The zero-order chi connectivity index (χ0) is 24.2. The number of hydrogen-bond acceptors (Lipinski definition) is 7. The molecule has 1 aromatic carbocycles. The number of benzene rings is 1. The van der Waals surface area contributed by atoms with Crippen molar-refractivity contribution in [2.75, 3.05) is 58.2 Å². The smallest absolute Gasteiger partial charge is 0.254 e. The quantitative estimate of drug-likeness (QED) is 0.715. The third-order valence-electron chi connectivity index (χ3n) is 8.37. The van der Waals surface area contributed by atoms with Crippen LogP contribution in [0.1, 0.15) is 36.5 Å². The molecule has 1 atom stereocenters. The molecular weight excluding hydrogens is 440 g/mol. The number of amides is 1. The lowest BCUT2D eigenvalue weighted by molar-refractivity contribution is -0.169. The Labute approximate surface area is 206 Å². The molecule has 3 fully saturated rings. The minimum Gasteiger partial charge on any atom is -0.478 e. The third kappa shape index (κ3) is 3.37. The largest absolute Gasteiger partial charge is 0.478 e. The van der Waals surface area contributed by atoms with Gasteiger partial charge in [0, 0.05) is 60.6 Å². The zero-order valence-electron chi connectivity index (χ0n) is 20.5. The molecule has 4 aliphatic heterocycles. The Morgan fingerprint density at radius 3 is 2.66 bits per heavy atom. The van der Waals surface area contributed by atoms with Crippen LogP contribution < -0.4 is 10.1 Å². The molecule has 1 aromatic heterocycles. The van der Waals surface area contributed by atoms with Gasteiger partial charge in [0.1, 0.15) is 0 Å². The number of pyridine rings is 1. The van der Waals surface area contributed by atoms with Crippen molar-refractivity contribution in [3.8, 4) is 11.9 Å². The lowest BCUT2D eigenvalue weighted by Gasteiger charge is -2.65. The second-order valence-corrected chi connectivity index (χ2v) is 10.6. The van der Waals surface area contributed by atoms with E-state index in [1.54, 1.807) is 12.3 Å². The second-order valence-electron chi connectivity index (χ2n) is 10.6. The number of carbonyl (C=O) groups is 1. The predicted molar refractivity (Wildman–Crippen MR) is 132 cm³/mol. The summed E-state index contributed by atoms with van der Waals surface area (Å²) in [5.74, 6) is 0.376. The lowest BCUT2D eigenvalue weighted by atomic mass is 9.67. The number of rotatable bonds is 5. The van der Waals surface area contributed by atoms with Crippen molar-refractivity contribution in [1.29, 1.82) is 5.26 Å². The fourth-order valence-corrected chi connectivity index (χ4v) is 6.66. The van der Waals surface area contributed by atoms with Crippen LogP contribution in [0.15, 0.2) is 36.5 Å². The van der Waals surface area contributed by atoms with Gasteiger partial charge in [0.05, 0.1) is 18.2 Å². The van der Waals surface area contributed by atoms with E-state index in [1.807, 2.05) is 31.2 Å². The molecule has 35 heavy (non-hydrogen) atoms. The van der Waals surface area contributed by atoms with Gasteiger partial charge in [0.2, 0.25) is 5.88 Å². The number of nitriles is 1. The first-order valence-corrected chi connectivity index (χ1v) is 12.6. The van der Waals surface area contributed by atoms with E-state index in [0.29, 0.717) is 24.1 Å². The number of carbonyl (C=O) groups excluding carboxylic acids is 1. The summed E-state index contributed by atoms with van der Waals surface area (Å²) >= 11 is 0. The number of piperidine rings is 1. The van der Waals surface area contributed by atoms with E-state index in [2.05, 4.69) is 38.1 Å². The molecule has 5 heterocycles. The van der Waals surface area contributed by atoms with Crippen molar-refractivity contribution in [2.45, 2.75) is 31.3 Å². The molecule has 6 rings (SSSR count). The average molecular weight is 473 g/mol. The van der Waals surface area contributed by atoms with Crippen LogP contribution in [0.25, 0.3) is 0 Å². The van der Waals surface area contributed by atoms with Gasteiger partial charge in [-0.05, 0) is 70.2 Å². The molecule has 1 unspecified atom stereocenters. The van der Waals surface area contributed by atoms with Crippen LogP contribution in [0.5, 0.6) is 5.88 Å². The van der Waals surface area contributed by atoms with Crippen LogP contribution >= 0.6 is 0 Å². The van der Waals surface area contributed by atoms with E-state index < -0.39 is 5.54 Å². The van der Waals surface area contributed by atoms with Crippen molar-refractivity contribution in [2.24, 2.45) is 5.41 Å². The highest BCUT2D eigenvalue weighted by Gasteiger charge is 2.63. The molecule has 8 heteroatoms. The summed E-state index contributed by atoms with van der Waals surface area (Å²) in [6.07, 6.45) is 4.17. The van der Waals surface area contributed by atoms with Crippen molar-refractivity contribution < 1.29 is 9.53 Å². The Morgan fingerprint density at radius 1 is 1.17 bits per heavy atom. The first-order chi connectivity index (χ1) is 17.0. The number of ether oxygens (including phenoxy) is 1. The monoisotopic (exact) mass is 472 g/mol. The van der Waals surface area contributed by atoms with Gasteiger partial charge in [-0.25, -0.2) is 4.98 Å². The molecule has 0 radical (unpaired) electrons. The molecule has 4 aliphatic rings. The van der Waals surface area contributed by atoms with E-state index in [9.17, 15) is 10.1 Å². The normalized spacial score (nSPS) is 26.5. The summed E-state index contributed by atoms with van der Waals surface area (Å²) in [7, 11) is 2.20. The number of nitrogens with one attached hydrogen (secondary N) is 1. The van der Waals surface area contributed by atoms with Gasteiger partial charge in [-0.2, -0.15) is 5.26 Å². The fourth-order valence-electron chi connectivity index (χ4n) is 6.66. The van der Waals surface area contributed by atoms with E-state index in [-0.39, 0.29) is 11.3 Å². The summed E-state index contributed by atoms with van der Waals surface area (Å²) in [4.78, 5) is 25.7. The van der Waals surface area contributed by atoms with Gasteiger partial charge in [-0.15, -0.1) is 0 Å². The number of anilines is 1. The maximum atomic E-state index is 13.9. The molecule has 1 N–H and O–H groups in total. The summed E-state index contributed by atoms with van der Waals surface area (Å²) in [6.45, 7) is 8.57. The number of aromatic nitrogens is 1. The van der Waals surface area contributed by atoms with Gasteiger partial charge in [0.25, 0.3) is 5.91 Å². The standard InChI is InChI=1S/C27H32N6O2/c1-3-35-24-21(5-4-10-29-24)27(22-13-19(14-28)6-7-23(22)30-25(27)34)33-17-26(18-33)15-32(16-26)20-8-11-31(2)12-9-20/h4-7,10,13,20H,3,8-9,11-12,15-18H2,1-2H3,(H,30,34). The molecule has 2 aromatic rings. The van der Waals surface area contributed by atoms with Crippen LogP contribution in [0.4, 0.5) is 5.69 Å². The summed E-state index contributed by atoms with van der Waals surface area (Å²) in [5.41, 5.74) is 2.02. The highest BCUT2D eigenvalue weighted by atomic mass is 16.5. The minimum atomic E-state index is -1.06. The van der Waals surface area contributed by atoms with Crippen molar-refractivity contribution >= 4 is 11.6 Å². The highest BCUT2D eigenvalue weighted by Crippen LogP contribution is 2.54. The SMILES string of the molecule is CCOc1ncccc1C1(N2CC3(CN(C4CCN(C)CC4)C3)C2)C(=O)Nc2ccc(C#N)cc21. The average Bonchev–Trinajstić information content (AvgIpc) is 3.10. The molecule has 1 amide bonds. The fraction of sp³-hybridized carbons (Fsp3) is 0.519. The Hall–Kier alpha value is -2.99. The topological polar surface area (TPSA) is 84.7 Å². The Kier molecular flexibility index (Phi) is 5.33. The zero-order valence-corrected chi connectivity index (χ0v) is 20.5. The number of nitrogens with zero attached hydrogens (tertiary/aromatic N) is 5. The molecule has 8 nitrogen and oxygen atoms in total. The molecular formula is C27H32N6O2. The molecule has 0 bridgehead atoms.